The third-order valence-electron chi connectivity index (χ3n) is 3.56. The molecular weight excluding hydrogens is 258 g/mol. The van der Waals surface area contributed by atoms with Gasteiger partial charge in [0, 0.05) is 31.8 Å². The highest BCUT2D eigenvalue weighted by Gasteiger charge is 2.27. The van der Waals surface area contributed by atoms with Gasteiger partial charge in [0.25, 0.3) is 11.6 Å². The van der Waals surface area contributed by atoms with Crippen LogP contribution in [0, 0.1) is 16.0 Å². The summed E-state index contributed by atoms with van der Waals surface area (Å²) in [6, 6.07) is 4.66. The van der Waals surface area contributed by atoms with E-state index in [0.717, 1.165) is 13.1 Å². The van der Waals surface area contributed by atoms with E-state index in [2.05, 4.69) is 5.32 Å². The number of nitrogens with zero attached hydrogens (tertiary/aromatic N) is 2. The third kappa shape index (κ3) is 3.07. The molecule has 1 N–H and O–H groups in total. The van der Waals surface area contributed by atoms with Crippen molar-refractivity contribution in [1.82, 2.24) is 5.32 Å². The smallest absolute Gasteiger partial charge is 0.293 e. The largest absolute Gasteiger partial charge is 0.366 e. The Kier molecular flexibility index (Phi) is 4.22. The predicted molar refractivity (Wildman–Crippen MR) is 77.1 cm³/mol. The van der Waals surface area contributed by atoms with Crippen molar-refractivity contribution in [2.45, 2.75) is 19.8 Å². The summed E-state index contributed by atoms with van der Waals surface area (Å²) >= 11 is 0. The molecule has 1 amide bonds. The van der Waals surface area contributed by atoms with Crippen molar-refractivity contribution in [2.24, 2.45) is 5.92 Å². The molecule has 1 aliphatic carbocycles. The Labute approximate surface area is 117 Å². The Morgan fingerprint density at radius 1 is 1.50 bits per heavy atom. The number of benzene rings is 1. The number of nitrogens with one attached hydrogen (secondary N) is 1. The van der Waals surface area contributed by atoms with Crippen molar-refractivity contribution in [3.63, 3.8) is 0 Å². The average Bonchev–Trinajstić information content (AvgIpc) is 3.27. The number of hydrogen-bond donors (Lipinski definition) is 1. The van der Waals surface area contributed by atoms with Gasteiger partial charge < -0.3 is 10.2 Å². The van der Waals surface area contributed by atoms with Crippen molar-refractivity contribution >= 4 is 17.3 Å². The van der Waals surface area contributed by atoms with E-state index < -0.39 is 4.92 Å². The molecule has 20 heavy (non-hydrogen) atoms. The second-order valence-electron chi connectivity index (χ2n) is 5.02. The van der Waals surface area contributed by atoms with Crippen LogP contribution in [0.15, 0.2) is 18.2 Å². The van der Waals surface area contributed by atoms with Gasteiger partial charge in [-0.3, -0.25) is 14.9 Å². The Morgan fingerprint density at radius 3 is 2.70 bits per heavy atom. The summed E-state index contributed by atoms with van der Waals surface area (Å²) in [7, 11) is 1.51. The van der Waals surface area contributed by atoms with Crippen molar-refractivity contribution in [3.8, 4) is 0 Å². The quantitative estimate of drug-likeness (QED) is 0.639. The van der Waals surface area contributed by atoms with Gasteiger partial charge in [0.05, 0.1) is 4.92 Å². The second kappa shape index (κ2) is 5.90. The van der Waals surface area contributed by atoms with Gasteiger partial charge in [-0.25, -0.2) is 0 Å². The zero-order valence-corrected chi connectivity index (χ0v) is 11.8. The molecule has 1 aromatic carbocycles. The zero-order chi connectivity index (χ0) is 14.7. The SMILES string of the molecule is CCN(CC1CC1)c1ccc(C(=O)NC)cc1[N+](=O)[O-]. The number of nitro benzene ring substituents is 1. The number of nitro groups is 1. The summed E-state index contributed by atoms with van der Waals surface area (Å²) in [6.07, 6.45) is 2.39. The summed E-state index contributed by atoms with van der Waals surface area (Å²) in [6.45, 7) is 3.55. The number of anilines is 1. The van der Waals surface area contributed by atoms with Gasteiger partial charge in [-0.2, -0.15) is 0 Å². The van der Waals surface area contributed by atoms with Crippen LogP contribution in [0.2, 0.25) is 0 Å². The fraction of sp³-hybridized carbons (Fsp3) is 0.500. The van der Waals surface area contributed by atoms with Crippen molar-refractivity contribution < 1.29 is 9.72 Å². The van der Waals surface area contributed by atoms with Gasteiger partial charge in [-0.15, -0.1) is 0 Å². The Bertz CT molecular complexity index is 526. The number of carbonyl (C=O) groups excluding carboxylic acids is 1. The van der Waals surface area contributed by atoms with Crippen LogP contribution >= 0.6 is 0 Å². The molecule has 0 bridgehead atoms. The van der Waals surface area contributed by atoms with Gasteiger partial charge in [-0.1, -0.05) is 0 Å². The molecule has 0 atom stereocenters. The predicted octanol–water partition coefficient (Wildman–Crippen LogP) is 2.19. The molecule has 0 spiro atoms. The van der Waals surface area contributed by atoms with E-state index in [9.17, 15) is 14.9 Å². The van der Waals surface area contributed by atoms with Crippen molar-refractivity contribution in [1.29, 1.82) is 0 Å². The maximum atomic E-state index is 11.6. The second-order valence-corrected chi connectivity index (χ2v) is 5.02. The molecule has 108 valence electrons. The topological polar surface area (TPSA) is 75.5 Å². The van der Waals surface area contributed by atoms with Gasteiger partial charge >= 0.3 is 0 Å². The molecule has 1 aromatic rings. The molecule has 0 radical (unpaired) electrons. The zero-order valence-electron chi connectivity index (χ0n) is 11.8. The lowest BCUT2D eigenvalue weighted by molar-refractivity contribution is -0.384. The Balaban J connectivity index is 2.35. The molecule has 2 rings (SSSR count). The van der Waals surface area contributed by atoms with Crippen LogP contribution in [-0.2, 0) is 0 Å². The molecule has 6 heteroatoms. The maximum Gasteiger partial charge on any atom is 0.293 e. The molecule has 1 fully saturated rings. The van der Waals surface area contributed by atoms with E-state index in [0.29, 0.717) is 17.2 Å². The van der Waals surface area contributed by atoms with Gasteiger partial charge in [0.1, 0.15) is 5.69 Å². The fourth-order valence-electron chi connectivity index (χ4n) is 2.23. The van der Waals surface area contributed by atoms with Crippen molar-refractivity contribution in [2.75, 3.05) is 25.0 Å². The minimum Gasteiger partial charge on any atom is -0.366 e. The molecule has 0 saturated heterocycles. The first-order valence-corrected chi connectivity index (χ1v) is 6.82. The molecule has 0 aliphatic heterocycles. The molecule has 0 aromatic heterocycles. The number of amides is 1. The molecule has 1 saturated carbocycles. The van der Waals surface area contributed by atoms with Crippen molar-refractivity contribution in [3.05, 3.63) is 33.9 Å². The average molecular weight is 277 g/mol. The van der Waals surface area contributed by atoms with Crippen LogP contribution in [0.3, 0.4) is 0 Å². The molecular formula is C14H19N3O3. The molecule has 1 aliphatic rings. The summed E-state index contributed by atoms with van der Waals surface area (Å²) < 4.78 is 0. The first-order valence-electron chi connectivity index (χ1n) is 6.82. The summed E-state index contributed by atoms with van der Waals surface area (Å²) in [4.78, 5) is 24.4. The summed E-state index contributed by atoms with van der Waals surface area (Å²) in [5.74, 6) is 0.332. The van der Waals surface area contributed by atoms with Crippen LogP contribution in [0.5, 0.6) is 0 Å². The van der Waals surface area contributed by atoms with Gasteiger partial charge in [0.2, 0.25) is 0 Å². The minimum absolute atomic E-state index is 0.00593. The monoisotopic (exact) mass is 277 g/mol. The first-order chi connectivity index (χ1) is 9.56. The number of hydrogen-bond acceptors (Lipinski definition) is 4. The van der Waals surface area contributed by atoms with Gasteiger partial charge in [-0.05, 0) is 37.8 Å². The van der Waals surface area contributed by atoms with E-state index in [1.54, 1.807) is 12.1 Å². The van der Waals surface area contributed by atoms with E-state index in [1.165, 1.54) is 26.0 Å². The Hall–Kier alpha value is -2.11. The van der Waals surface area contributed by atoms with Crippen LogP contribution in [-0.4, -0.2) is 31.0 Å². The lowest BCUT2D eigenvalue weighted by atomic mass is 10.1. The fourth-order valence-corrected chi connectivity index (χ4v) is 2.23. The van der Waals surface area contributed by atoms with E-state index >= 15 is 0 Å². The maximum absolute atomic E-state index is 11.6. The highest BCUT2D eigenvalue weighted by atomic mass is 16.6. The minimum atomic E-state index is -0.419. The van der Waals surface area contributed by atoms with Crippen LogP contribution in [0.1, 0.15) is 30.1 Å². The van der Waals surface area contributed by atoms with Crippen LogP contribution < -0.4 is 10.2 Å². The Morgan fingerprint density at radius 2 is 2.20 bits per heavy atom. The molecule has 0 heterocycles. The normalized spacial score (nSPS) is 13.9. The number of rotatable bonds is 6. The van der Waals surface area contributed by atoms with E-state index in [4.69, 9.17) is 0 Å². The molecule has 0 unspecified atom stereocenters. The van der Waals surface area contributed by atoms with Gasteiger partial charge in [0.15, 0.2) is 0 Å². The van der Waals surface area contributed by atoms with Crippen LogP contribution in [0.25, 0.3) is 0 Å². The first kappa shape index (κ1) is 14.3. The summed E-state index contributed by atoms with van der Waals surface area (Å²) in [5, 5.41) is 13.7. The highest BCUT2D eigenvalue weighted by molar-refractivity contribution is 5.95. The highest BCUT2D eigenvalue weighted by Crippen LogP contribution is 2.35. The summed E-state index contributed by atoms with van der Waals surface area (Å²) in [5.41, 5.74) is 0.899. The lowest BCUT2D eigenvalue weighted by Crippen LogP contribution is -2.26. The molecule has 6 nitrogen and oxygen atoms in total. The van der Waals surface area contributed by atoms with E-state index in [-0.39, 0.29) is 11.6 Å². The third-order valence-corrected chi connectivity index (χ3v) is 3.56. The van der Waals surface area contributed by atoms with E-state index in [1.807, 2.05) is 11.8 Å². The van der Waals surface area contributed by atoms with Crippen LogP contribution in [0.4, 0.5) is 11.4 Å². The standard InChI is InChI=1S/C14H19N3O3/c1-3-16(9-10-4-5-10)12-7-6-11(14(18)15-2)8-13(12)17(19)20/h6-8,10H,3-5,9H2,1-2H3,(H,15,18). The number of carbonyl (C=O) groups is 1. The lowest BCUT2D eigenvalue weighted by Gasteiger charge is -2.22.